The number of carbonyl (C=O) groups excluding carboxylic acids is 1. The first-order valence-electron chi connectivity index (χ1n) is 7.01. The van der Waals surface area contributed by atoms with Crippen LogP contribution in [-0.4, -0.2) is 17.7 Å². The van der Waals surface area contributed by atoms with Crippen molar-refractivity contribution < 1.29 is 14.6 Å². The van der Waals surface area contributed by atoms with Crippen molar-refractivity contribution in [3.8, 4) is 0 Å². The number of anilines is 1. The summed E-state index contributed by atoms with van der Waals surface area (Å²) < 4.78 is 5.37. The molecule has 2 aromatic carbocycles. The second kappa shape index (κ2) is 5.97. The van der Waals surface area contributed by atoms with Gasteiger partial charge in [0.05, 0.1) is 11.8 Å². The SMILES string of the molecule is O=C(OCc1ccccc1)N1CC[C@@H](O)c2ccccc21. The highest BCUT2D eigenvalue weighted by molar-refractivity contribution is 5.89. The molecule has 0 aliphatic carbocycles. The van der Waals surface area contributed by atoms with E-state index in [-0.39, 0.29) is 12.7 Å². The van der Waals surface area contributed by atoms with Crippen molar-refractivity contribution in [3.63, 3.8) is 0 Å². The van der Waals surface area contributed by atoms with Crippen LogP contribution in [0.3, 0.4) is 0 Å². The molecule has 0 radical (unpaired) electrons. The van der Waals surface area contributed by atoms with Crippen LogP contribution in [0.15, 0.2) is 54.6 Å². The summed E-state index contributed by atoms with van der Waals surface area (Å²) >= 11 is 0. The lowest BCUT2D eigenvalue weighted by atomic mass is 9.99. The van der Waals surface area contributed by atoms with Gasteiger partial charge in [-0.2, -0.15) is 0 Å². The predicted molar refractivity (Wildman–Crippen MR) is 80.0 cm³/mol. The van der Waals surface area contributed by atoms with Gasteiger partial charge in [-0.1, -0.05) is 48.5 Å². The summed E-state index contributed by atoms with van der Waals surface area (Å²) in [5.74, 6) is 0. The molecule has 1 atom stereocenters. The molecule has 108 valence electrons. The Balaban J connectivity index is 1.72. The molecule has 4 nitrogen and oxygen atoms in total. The zero-order chi connectivity index (χ0) is 14.7. The summed E-state index contributed by atoms with van der Waals surface area (Å²) in [6.07, 6.45) is -0.366. The Kier molecular flexibility index (Phi) is 3.88. The highest BCUT2D eigenvalue weighted by atomic mass is 16.6. The van der Waals surface area contributed by atoms with Gasteiger partial charge >= 0.3 is 6.09 Å². The van der Waals surface area contributed by atoms with E-state index < -0.39 is 6.10 Å². The molecule has 0 saturated heterocycles. The first-order valence-corrected chi connectivity index (χ1v) is 7.01. The normalized spacial score (nSPS) is 17.2. The van der Waals surface area contributed by atoms with Crippen molar-refractivity contribution in [3.05, 3.63) is 65.7 Å². The van der Waals surface area contributed by atoms with Crippen molar-refractivity contribution >= 4 is 11.8 Å². The number of carbonyl (C=O) groups is 1. The van der Waals surface area contributed by atoms with E-state index in [0.29, 0.717) is 13.0 Å². The lowest BCUT2D eigenvalue weighted by Gasteiger charge is -2.31. The van der Waals surface area contributed by atoms with Crippen LogP contribution in [0.1, 0.15) is 23.7 Å². The van der Waals surface area contributed by atoms with Gasteiger partial charge in [-0.05, 0) is 18.1 Å². The minimum Gasteiger partial charge on any atom is -0.444 e. The van der Waals surface area contributed by atoms with Gasteiger partial charge in [-0.25, -0.2) is 4.79 Å². The lowest BCUT2D eigenvalue weighted by molar-refractivity contribution is 0.137. The van der Waals surface area contributed by atoms with Crippen molar-refractivity contribution in [1.82, 2.24) is 0 Å². The Morgan fingerprint density at radius 1 is 1.14 bits per heavy atom. The average molecular weight is 283 g/mol. The molecule has 0 spiro atoms. The van der Waals surface area contributed by atoms with E-state index in [1.165, 1.54) is 0 Å². The van der Waals surface area contributed by atoms with Crippen molar-refractivity contribution in [2.75, 3.05) is 11.4 Å². The summed E-state index contributed by atoms with van der Waals surface area (Å²) in [4.78, 5) is 13.9. The fourth-order valence-corrected chi connectivity index (χ4v) is 2.53. The smallest absolute Gasteiger partial charge is 0.414 e. The molecule has 2 aromatic rings. The van der Waals surface area contributed by atoms with Gasteiger partial charge < -0.3 is 9.84 Å². The molecule has 0 bridgehead atoms. The molecule has 3 rings (SSSR count). The van der Waals surface area contributed by atoms with E-state index in [1.54, 1.807) is 4.90 Å². The first-order chi connectivity index (χ1) is 10.3. The number of nitrogens with zero attached hydrogens (tertiary/aromatic N) is 1. The number of hydrogen-bond donors (Lipinski definition) is 1. The Labute approximate surface area is 123 Å². The van der Waals surface area contributed by atoms with Gasteiger partial charge in [0.1, 0.15) is 6.61 Å². The number of ether oxygens (including phenoxy) is 1. The molecule has 0 saturated carbocycles. The van der Waals surface area contributed by atoms with Crippen molar-refractivity contribution in [2.45, 2.75) is 19.1 Å². The molecular weight excluding hydrogens is 266 g/mol. The zero-order valence-corrected chi connectivity index (χ0v) is 11.6. The molecule has 0 aromatic heterocycles. The fourth-order valence-electron chi connectivity index (χ4n) is 2.53. The van der Waals surface area contributed by atoms with Crippen LogP contribution in [0.5, 0.6) is 0 Å². The Bertz CT molecular complexity index is 627. The Hall–Kier alpha value is -2.33. The highest BCUT2D eigenvalue weighted by Gasteiger charge is 2.28. The van der Waals surface area contributed by atoms with E-state index in [1.807, 2.05) is 54.6 Å². The number of amides is 1. The van der Waals surface area contributed by atoms with Crippen LogP contribution in [0.4, 0.5) is 10.5 Å². The molecule has 1 N–H and O–H groups in total. The van der Waals surface area contributed by atoms with Gasteiger partial charge in [0.15, 0.2) is 0 Å². The molecule has 1 amide bonds. The second-order valence-electron chi connectivity index (χ2n) is 5.06. The number of hydrogen-bond acceptors (Lipinski definition) is 3. The molecular formula is C17H17NO3. The Morgan fingerprint density at radius 2 is 1.86 bits per heavy atom. The topological polar surface area (TPSA) is 49.8 Å². The lowest BCUT2D eigenvalue weighted by Crippen LogP contribution is -2.37. The monoisotopic (exact) mass is 283 g/mol. The third-order valence-electron chi connectivity index (χ3n) is 3.64. The number of para-hydroxylation sites is 1. The number of rotatable bonds is 2. The van der Waals surface area contributed by atoms with Gasteiger partial charge in [-0.15, -0.1) is 0 Å². The van der Waals surface area contributed by atoms with E-state index in [0.717, 1.165) is 16.8 Å². The molecule has 4 heteroatoms. The maximum atomic E-state index is 12.3. The fraction of sp³-hybridized carbons (Fsp3) is 0.235. The summed E-state index contributed by atoms with van der Waals surface area (Å²) in [6, 6.07) is 17.0. The van der Waals surface area contributed by atoms with E-state index in [4.69, 9.17) is 4.74 Å². The average Bonchev–Trinajstić information content (AvgIpc) is 2.54. The largest absolute Gasteiger partial charge is 0.444 e. The van der Waals surface area contributed by atoms with Crippen LogP contribution in [-0.2, 0) is 11.3 Å². The third kappa shape index (κ3) is 2.90. The molecule has 1 heterocycles. The highest BCUT2D eigenvalue weighted by Crippen LogP contribution is 2.33. The molecule has 1 aliphatic rings. The number of aliphatic hydroxyl groups is 1. The summed E-state index contributed by atoms with van der Waals surface area (Å²) in [5, 5.41) is 9.99. The van der Waals surface area contributed by atoms with Crippen molar-refractivity contribution in [1.29, 1.82) is 0 Å². The standard InChI is InChI=1S/C17H17NO3/c19-16-10-11-18(15-9-5-4-8-14(15)16)17(20)21-12-13-6-2-1-3-7-13/h1-9,16,19H,10-12H2/t16-/m1/s1. The Morgan fingerprint density at radius 3 is 2.67 bits per heavy atom. The molecule has 0 fully saturated rings. The minimum absolute atomic E-state index is 0.251. The van der Waals surface area contributed by atoms with Gasteiger partial charge in [0.2, 0.25) is 0 Å². The van der Waals surface area contributed by atoms with Gasteiger partial charge in [0, 0.05) is 12.1 Å². The van der Waals surface area contributed by atoms with Gasteiger partial charge in [-0.3, -0.25) is 4.90 Å². The number of benzene rings is 2. The predicted octanol–water partition coefficient (Wildman–Crippen LogP) is 3.27. The molecule has 21 heavy (non-hydrogen) atoms. The minimum atomic E-state index is -0.514. The summed E-state index contributed by atoms with van der Waals surface area (Å²) in [7, 11) is 0. The van der Waals surface area contributed by atoms with E-state index in [9.17, 15) is 9.90 Å². The van der Waals surface area contributed by atoms with E-state index >= 15 is 0 Å². The van der Waals surface area contributed by atoms with Crippen LogP contribution in [0.2, 0.25) is 0 Å². The second-order valence-corrected chi connectivity index (χ2v) is 5.06. The van der Waals surface area contributed by atoms with Crippen LogP contribution >= 0.6 is 0 Å². The maximum Gasteiger partial charge on any atom is 0.414 e. The maximum absolute atomic E-state index is 12.3. The van der Waals surface area contributed by atoms with Crippen molar-refractivity contribution in [2.24, 2.45) is 0 Å². The zero-order valence-electron chi connectivity index (χ0n) is 11.6. The van der Waals surface area contributed by atoms with Gasteiger partial charge in [0.25, 0.3) is 0 Å². The number of fused-ring (bicyclic) bond motifs is 1. The number of aliphatic hydroxyl groups excluding tert-OH is 1. The molecule has 1 aliphatic heterocycles. The first kappa shape index (κ1) is 13.6. The van der Waals surface area contributed by atoms with Crippen LogP contribution in [0, 0.1) is 0 Å². The summed E-state index contributed by atoms with van der Waals surface area (Å²) in [6.45, 7) is 0.715. The van der Waals surface area contributed by atoms with Crippen LogP contribution < -0.4 is 4.90 Å². The molecule has 0 unspecified atom stereocenters. The summed E-state index contributed by atoms with van der Waals surface area (Å²) in [5.41, 5.74) is 2.46. The van der Waals surface area contributed by atoms with E-state index in [2.05, 4.69) is 0 Å². The quantitative estimate of drug-likeness (QED) is 0.920. The third-order valence-corrected chi connectivity index (χ3v) is 3.64. The van der Waals surface area contributed by atoms with Crippen LogP contribution in [0.25, 0.3) is 0 Å².